The smallest absolute Gasteiger partial charge is 0.0946 e. The SMILES string of the molecule is CC(CN)c1cn(C)cn1. The van der Waals surface area contributed by atoms with Gasteiger partial charge in [-0.3, -0.25) is 0 Å². The third-order valence-corrected chi connectivity index (χ3v) is 1.58. The van der Waals surface area contributed by atoms with Crippen LogP contribution in [-0.2, 0) is 7.05 Å². The number of nitrogens with zero attached hydrogens (tertiary/aromatic N) is 2. The van der Waals surface area contributed by atoms with Crippen LogP contribution in [0, 0.1) is 0 Å². The molecular formula is C7H13N3. The number of hydrogen-bond donors (Lipinski definition) is 1. The lowest BCUT2D eigenvalue weighted by Crippen LogP contribution is -2.08. The van der Waals surface area contributed by atoms with Crippen LogP contribution in [0.4, 0.5) is 0 Å². The molecule has 56 valence electrons. The summed E-state index contributed by atoms with van der Waals surface area (Å²) in [6.07, 6.45) is 3.79. The summed E-state index contributed by atoms with van der Waals surface area (Å²) in [4.78, 5) is 4.17. The highest BCUT2D eigenvalue weighted by atomic mass is 15.0. The third kappa shape index (κ3) is 1.36. The van der Waals surface area contributed by atoms with Gasteiger partial charge in [0.05, 0.1) is 12.0 Å². The van der Waals surface area contributed by atoms with Gasteiger partial charge >= 0.3 is 0 Å². The van der Waals surface area contributed by atoms with E-state index in [0.717, 1.165) is 5.69 Å². The largest absolute Gasteiger partial charge is 0.340 e. The van der Waals surface area contributed by atoms with Gasteiger partial charge in [-0.05, 0) is 0 Å². The van der Waals surface area contributed by atoms with Crippen LogP contribution < -0.4 is 5.73 Å². The molecule has 1 unspecified atom stereocenters. The molecule has 2 N–H and O–H groups in total. The van der Waals surface area contributed by atoms with Crippen LogP contribution in [0.15, 0.2) is 12.5 Å². The zero-order valence-corrected chi connectivity index (χ0v) is 6.41. The third-order valence-electron chi connectivity index (χ3n) is 1.58. The Kier molecular flexibility index (Phi) is 2.06. The van der Waals surface area contributed by atoms with E-state index in [0.29, 0.717) is 12.5 Å². The molecule has 1 aromatic heterocycles. The molecule has 0 spiro atoms. The van der Waals surface area contributed by atoms with Crippen molar-refractivity contribution >= 4 is 0 Å². The van der Waals surface area contributed by atoms with Gasteiger partial charge in [-0.25, -0.2) is 4.98 Å². The molecular weight excluding hydrogens is 126 g/mol. The molecule has 0 saturated carbocycles. The molecule has 0 saturated heterocycles. The fourth-order valence-corrected chi connectivity index (χ4v) is 0.808. The predicted molar refractivity (Wildman–Crippen MR) is 40.7 cm³/mol. The van der Waals surface area contributed by atoms with E-state index < -0.39 is 0 Å². The van der Waals surface area contributed by atoms with Crippen LogP contribution in [0.1, 0.15) is 18.5 Å². The Morgan fingerprint density at radius 2 is 2.50 bits per heavy atom. The molecule has 3 nitrogen and oxygen atoms in total. The van der Waals surface area contributed by atoms with Crippen LogP contribution in [0.5, 0.6) is 0 Å². The number of nitrogens with two attached hydrogens (primary N) is 1. The molecule has 0 radical (unpaired) electrons. The minimum atomic E-state index is 0.376. The Morgan fingerprint density at radius 1 is 1.80 bits per heavy atom. The molecule has 0 bridgehead atoms. The van der Waals surface area contributed by atoms with E-state index in [9.17, 15) is 0 Å². The summed E-state index contributed by atoms with van der Waals surface area (Å²) >= 11 is 0. The van der Waals surface area contributed by atoms with E-state index in [4.69, 9.17) is 5.73 Å². The first kappa shape index (κ1) is 7.28. The second-order valence-corrected chi connectivity index (χ2v) is 2.60. The minimum absolute atomic E-state index is 0.376. The first-order valence-electron chi connectivity index (χ1n) is 3.42. The summed E-state index contributed by atoms with van der Waals surface area (Å²) in [7, 11) is 1.96. The molecule has 1 heterocycles. The number of rotatable bonds is 2. The molecule has 1 aromatic rings. The maximum absolute atomic E-state index is 5.46. The number of imidazole rings is 1. The highest BCUT2D eigenvalue weighted by Gasteiger charge is 2.04. The maximum Gasteiger partial charge on any atom is 0.0946 e. The summed E-state index contributed by atoms with van der Waals surface area (Å²) in [5, 5.41) is 0. The monoisotopic (exact) mass is 139 g/mol. The standard InChI is InChI=1S/C7H13N3/c1-6(3-8)7-4-10(2)5-9-7/h4-6H,3,8H2,1-2H3. The summed E-state index contributed by atoms with van der Waals surface area (Å²) in [5.74, 6) is 0.376. The predicted octanol–water partition coefficient (Wildman–Crippen LogP) is 0.482. The van der Waals surface area contributed by atoms with Crippen molar-refractivity contribution in [2.24, 2.45) is 12.8 Å². The van der Waals surface area contributed by atoms with Gasteiger partial charge in [0.25, 0.3) is 0 Å². The van der Waals surface area contributed by atoms with Gasteiger partial charge in [-0.1, -0.05) is 6.92 Å². The quantitative estimate of drug-likeness (QED) is 0.647. The Bertz CT molecular complexity index is 204. The number of aromatic nitrogens is 2. The zero-order chi connectivity index (χ0) is 7.56. The van der Waals surface area contributed by atoms with E-state index >= 15 is 0 Å². The molecule has 1 rings (SSSR count). The van der Waals surface area contributed by atoms with Gasteiger partial charge in [0.1, 0.15) is 0 Å². The van der Waals surface area contributed by atoms with Crippen molar-refractivity contribution in [1.82, 2.24) is 9.55 Å². The average Bonchev–Trinajstić information content (AvgIpc) is 2.34. The van der Waals surface area contributed by atoms with Crippen LogP contribution >= 0.6 is 0 Å². The lowest BCUT2D eigenvalue weighted by Gasteiger charge is -2.01. The fraction of sp³-hybridized carbons (Fsp3) is 0.571. The first-order chi connectivity index (χ1) is 4.74. The van der Waals surface area contributed by atoms with Crippen LogP contribution in [0.25, 0.3) is 0 Å². The van der Waals surface area contributed by atoms with Crippen molar-refractivity contribution in [3.05, 3.63) is 18.2 Å². The first-order valence-corrected chi connectivity index (χ1v) is 3.42. The Balaban J connectivity index is 2.74. The number of hydrogen-bond acceptors (Lipinski definition) is 2. The highest BCUT2D eigenvalue weighted by molar-refractivity contribution is 5.03. The van der Waals surface area contributed by atoms with E-state index in [1.54, 1.807) is 6.33 Å². The van der Waals surface area contributed by atoms with E-state index in [2.05, 4.69) is 11.9 Å². The molecule has 3 heteroatoms. The van der Waals surface area contributed by atoms with Gasteiger partial charge in [-0.15, -0.1) is 0 Å². The van der Waals surface area contributed by atoms with Gasteiger partial charge in [0.2, 0.25) is 0 Å². The van der Waals surface area contributed by atoms with Crippen molar-refractivity contribution in [1.29, 1.82) is 0 Å². The maximum atomic E-state index is 5.46. The fourth-order valence-electron chi connectivity index (χ4n) is 0.808. The van der Waals surface area contributed by atoms with Crippen molar-refractivity contribution in [2.75, 3.05) is 6.54 Å². The highest BCUT2D eigenvalue weighted by Crippen LogP contribution is 2.08. The summed E-state index contributed by atoms with van der Waals surface area (Å²) in [6, 6.07) is 0. The molecule has 0 aliphatic carbocycles. The average molecular weight is 139 g/mol. The molecule has 10 heavy (non-hydrogen) atoms. The van der Waals surface area contributed by atoms with Crippen LogP contribution in [0.3, 0.4) is 0 Å². The van der Waals surface area contributed by atoms with Crippen LogP contribution in [0.2, 0.25) is 0 Å². The van der Waals surface area contributed by atoms with E-state index in [1.165, 1.54) is 0 Å². The lowest BCUT2D eigenvalue weighted by molar-refractivity contribution is 0.749. The van der Waals surface area contributed by atoms with E-state index in [1.807, 2.05) is 17.8 Å². The second-order valence-electron chi connectivity index (χ2n) is 2.60. The minimum Gasteiger partial charge on any atom is -0.340 e. The Morgan fingerprint density at radius 3 is 2.90 bits per heavy atom. The van der Waals surface area contributed by atoms with Crippen molar-refractivity contribution in [3.63, 3.8) is 0 Å². The molecule has 0 aliphatic heterocycles. The Labute approximate surface area is 60.9 Å². The van der Waals surface area contributed by atoms with Crippen LogP contribution in [-0.4, -0.2) is 16.1 Å². The summed E-state index contributed by atoms with van der Waals surface area (Å²) in [5.41, 5.74) is 6.54. The van der Waals surface area contributed by atoms with Gasteiger partial charge in [0, 0.05) is 25.7 Å². The zero-order valence-electron chi connectivity index (χ0n) is 6.41. The van der Waals surface area contributed by atoms with Gasteiger partial charge in [-0.2, -0.15) is 0 Å². The Hall–Kier alpha value is -0.830. The lowest BCUT2D eigenvalue weighted by atomic mass is 10.1. The van der Waals surface area contributed by atoms with Crippen molar-refractivity contribution < 1.29 is 0 Å². The van der Waals surface area contributed by atoms with Gasteiger partial charge < -0.3 is 10.3 Å². The second kappa shape index (κ2) is 2.84. The van der Waals surface area contributed by atoms with Gasteiger partial charge in [0.15, 0.2) is 0 Å². The summed E-state index contributed by atoms with van der Waals surface area (Å²) in [6.45, 7) is 2.74. The molecule has 0 aromatic carbocycles. The van der Waals surface area contributed by atoms with Crippen molar-refractivity contribution in [3.8, 4) is 0 Å². The summed E-state index contributed by atoms with van der Waals surface area (Å²) < 4.78 is 1.93. The topological polar surface area (TPSA) is 43.8 Å². The normalized spacial score (nSPS) is 13.5. The number of aryl methyl sites for hydroxylation is 1. The molecule has 0 amide bonds. The molecule has 1 atom stereocenters. The molecule has 0 fully saturated rings. The molecule has 0 aliphatic rings. The van der Waals surface area contributed by atoms with Crippen molar-refractivity contribution in [2.45, 2.75) is 12.8 Å². The van der Waals surface area contributed by atoms with E-state index in [-0.39, 0.29) is 0 Å².